The van der Waals surface area contributed by atoms with Crippen molar-refractivity contribution in [3.63, 3.8) is 0 Å². The first-order chi connectivity index (χ1) is 16.7. The zero-order chi connectivity index (χ0) is 23.4. The van der Waals surface area contributed by atoms with Crippen LogP contribution in [-0.2, 0) is 23.4 Å². The van der Waals surface area contributed by atoms with E-state index in [1.807, 2.05) is 53.3 Å². The first-order valence-corrected chi connectivity index (χ1v) is 12.2. The smallest absolute Gasteiger partial charge is 0.233 e. The molecule has 2 aromatic carbocycles. The Labute approximate surface area is 200 Å². The Bertz CT molecular complexity index is 1090. The molecule has 0 bridgehead atoms. The lowest BCUT2D eigenvalue weighted by molar-refractivity contribution is -0.138. The van der Waals surface area contributed by atoms with Crippen molar-refractivity contribution in [3.05, 3.63) is 72.1 Å². The van der Waals surface area contributed by atoms with Crippen LogP contribution in [0.4, 0.5) is 0 Å². The third-order valence-electron chi connectivity index (χ3n) is 7.10. The normalized spacial score (nSPS) is 19.0. The molecule has 2 fully saturated rings. The van der Waals surface area contributed by atoms with Gasteiger partial charge in [-0.2, -0.15) is 0 Å². The van der Waals surface area contributed by atoms with Gasteiger partial charge in [0.1, 0.15) is 23.8 Å². The fourth-order valence-electron chi connectivity index (χ4n) is 4.97. The number of carbonyl (C=O) groups excluding carboxylic acids is 1. The Morgan fingerprint density at radius 2 is 1.85 bits per heavy atom. The van der Waals surface area contributed by atoms with Crippen LogP contribution in [0.3, 0.4) is 0 Å². The molecule has 0 spiro atoms. The van der Waals surface area contributed by atoms with Crippen molar-refractivity contribution in [1.82, 2.24) is 19.9 Å². The van der Waals surface area contributed by atoms with Gasteiger partial charge in [-0.05, 0) is 68.4 Å². The number of carbonyl (C=O) groups is 1. The molecule has 5 rings (SSSR count). The molecular weight excluding hydrogens is 428 g/mol. The van der Waals surface area contributed by atoms with Gasteiger partial charge in [-0.25, -0.2) is 0 Å². The molecule has 1 aliphatic carbocycles. The predicted octanol–water partition coefficient (Wildman–Crippen LogP) is 4.37. The van der Waals surface area contributed by atoms with Crippen LogP contribution in [0, 0.1) is 0 Å². The van der Waals surface area contributed by atoms with Crippen molar-refractivity contribution in [2.75, 3.05) is 13.7 Å². The van der Waals surface area contributed by atoms with Crippen molar-refractivity contribution in [3.8, 4) is 11.5 Å². The van der Waals surface area contributed by atoms with Crippen LogP contribution in [0.15, 0.2) is 60.8 Å². The van der Waals surface area contributed by atoms with Gasteiger partial charge in [0.05, 0.1) is 18.7 Å². The van der Waals surface area contributed by atoms with E-state index in [1.165, 1.54) is 0 Å². The summed E-state index contributed by atoms with van der Waals surface area (Å²) in [6.45, 7) is 1.97. The fourth-order valence-corrected chi connectivity index (χ4v) is 4.97. The number of likely N-dealkylation sites (tertiary alicyclic amines) is 1. The first kappa shape index (κ1) is 22.4. The zero-order valence-corrected chi connectivity index (χ0v) is 19.7. The molecule has 7 nitrogen and oxygen atoms in total. The van der Waals surface area contributed by atoms with Gasteiger partial charge in [-0.15, -0.1) is 5.10 Å². The molecule has 7 heteroatoms. The highest BCUT2D eigenvalue weighted by atomic mass is 16.5. The molecule has 1 amide bonds. The van der Waals surface area contributed by atoms with E-state index in [0.717, 1.165) is 74.4 Å². The SMILES string of the molecule is COc1ccc(C2(C(=O)N3CCCCC3CCn3cc(COc4ccccc4)nn3)CC2)cc1. The van der Waals surface area contributed by atoms with Crippen LogP contribution < -0.4 is 9.47 Å². The Kier molecular flexibility index (Phi) is 6.52. The predicted molar refractivity (Wildman–Crippen MR) is 129 cm³/mol. The van der Waals surface area contributed by atoms with Gasteiger partial charge >= 0.3 is 0 Å². The summed E-state index contributed by atoms with van der Waals surface area (Å²) < 4.78 is 12.9. The standard InChI is InChI=1S/C27H32N4O3/c1-33-24-12-10-21(11-13-24)27(15-16-27)26(32)31-17-6-5-7-23(31)14-18-30-19-22(28-29-30)20-34-25-8-3-2-4-9-25/h2-4,8-13,19,23H,5-7,14-18,20H2,1H3. The van der Waals surface area contributed by atoms with Crippen LogP contribution >= 0.6 is 0 Å². The first-order valence-electron chi connectivity index (χ1n) is 12.2. The summed E-state index contributed by atoms with van der Waals surface area (Å²) in [7, 11) is 1.67. The van der Waals surface area contributed by atoms with E-state index in [9.17, 15) is 4.79 Å². The van der Waals surface area contributed by atoms with Crippen molar-refractivity contribution < 1.29 is 14.3 Å². The fraction of sp³-hybridized carbons (Fsp3) is 0.444. The Hall–Kier alpha value is -3.35. The van der Waals surface area contributed by atoms with Crippen LogP contribution in [-0.4, -0.2) is 45.5 Å². The van der Waals surface area contributed by atoms with Crippen molar-refractivity contribution in [2.24, 2.45) is 0 Å². The molecule has 3 aromatic rings. The Morgan fingerprint density at radius 1 is 1.06 bits per heavy atom. The lowest BCUT2D eigenvalue weighted by atomic mass is 9.91. The molecule has 1 saturated heterocycles. The van der Waals surface area contributed by atoms with E-state index in [2.05, 4.69) is 27.3 Å². The number of rotatable bonds is 9. The third kappa shape index (κ3) is 4.79. The molecule has 2 aliphatic rings. The number of para-hydroxylation sites is 1. The van der Waals surface area contributed by atoms with Crippen molar-refractivity contribution >= 4 is 5.91 Å². The van der Waals surface area contributed by atoms with Gasteiger partial charge in [0.2, 0.25) is 5.91 Å². The lowest BCUT2D eigenvalue weighted by Gasteiger charge is -2.38. The van der Waals surface area contributed by atoms with Crippen molar-refractivity contribution in [2.45, 2.75) is 63.1 Å². The van der Waals surface area contributed by atoms with E-state index in [0.29, 0.717) is 6.61 Å². The van der Waals surface area contributed by atoms with Gasteiger partial charge in [-0.1, -0.05) is 35.5 Å². The average molecular weight is 461 g/mol. The summed E-state index contributed by atoms with van der Waals surface area (Å²) in [6, 6.07) is 18.0. The highest BCUT2D eigenvalue weighted by molar-refractivity contribution is 5.91. The molecule has 34 heavy (non-hydrogen) atoms. The minimum atomic E-state index is -0.350. The number of hydrogen-bond donors (Lipinski definition) is 0. The van der Waals surface area contributed by atoms with E-state index in [1.54, 1.807) is 7.11 Å². The lowest BCUT2D eigenvalue weighted by Crippen LogP contribution is -2.48. The quantitative estimate of drug-likeness (QED) is 0.474. The highest BCUT2D eigenvalue weighted by Crippen LogP contribution is 2.50. The molecule has 1 saturated carbocycles. The second kappa shape index (κ2) is 9.87. The van der Waals surface area contributed by atoms with Crippen molar-refractivity contribution in [1.29, 1.82) is 0 Å². The Morgan fingerprint density at radius 3 is 2.59 bits per heavy atom. The highest BCUT2D eigenvalue weighted by Gasteiger charge is 2.54. The molecule has 1 atom stereocenters. The maximum atomic E-state index is 13.7. The van der Waals surface area contributed by atoms with E-state index >= 15 is 0 Å². The molecule has 178 valence electrons. The summed E-state index contributed by atoms with van der Waals surface area (Å²) >= 11 is 0. The number of amides is 1. The second-order valence-electron chi connectivity index (χ2n) is 9.32. The van der Waals surface area contributed by atoms with Crippen LogP contribution in [0.25, 0.3) is 0 Å². The summed E-state index contributed by atoms with van der Waals surface area (Å²) in [5.41, 5.74) is 1.57. The topological polar surface area (TPSA) is 69.5 Å². The zero-order valence-electron chi connectivity index (χ0n) is 19.7. The van der Waals surface area contributed by atoms with E-state index < -0.39 is 0 Å². The number of hydrogen-bond acceptors (Lipinski definition) is 5. The number of piperidine rings is 1. The van der Waals surface area contributed by atoms with Crippen LogP contribution in [0.2, 0.25) is 0 Å². The maximum absolute atomic E-state index is 13.7. The number of aromatic nitrogens is 3. The second-order valence-corrected chi connectivity index (χ2v) is 9.32. The van der Waals surface area contributed by atoms with Gasteiger partial charge < -0.3 is 14.4 Å². The summed E-state index contributed by atoms with van der Waals surface area (Å²) in [4.78, 5) is 15.9. The molecule has 2 heterocycles. The third-order valence-corrected chi connectivity index (χ3v) is 7.10. The largest absolute Gasteiger partial charge is 0.497 e. The van der Waals surface area contributed by atoms with Gasteiger partial charge in [0, 0.05) is 19.1 Å². The number of benzene rings is 2. The molecule has 0 N–H and O–H groups in total. The van der Waals surface area contributed by atoms with E-state index in [4.69, 9.17) is 9.47 Å². The molecular formula is C27H32N4O3. The van der Waals surface area contributed by atoms with Crippen LogP contribution in [0.5, 0.6) is 11.5 Å². The number of aryl methyl sites for hydroxylation is 1. The number of methoxy groups -OCH3 is 1. The van der Waals surface area contributed by atoms with E-state index in [-0.39, 0.29) is 17.4 Å². The van der Waals surface area contributed by atoms with Gasteiger partial charge in [-0.3, -0.25) is 9.48 Å². The number of ether oxygens (including phenoxy) is 2. The minimum Gasteiger partial charge on any atom is -0.497 e. The molecule has 0 radical (unpaired) electrons. The minimum absolute atomic E-state index is 0.241. The van der Waals surface area contributed by atoms with Gasteiger partial charge in [0.25, 0.3) is 0 Å². The van der Waals surface area contributed by atoms with Gasteiger partial charge in [0.15, 0.2) is 0 Å². The summed E-state index contributed by atoms with van der Waals surface area (Å²) in [6.07, 6.45) is 7.96. The summed E-state index contributed by atoms with van der Waals surface area (Å²) in [5, 5.41) is 8.53. The Balaban J connectivity index is 1.20. The monoisotopic (exact) mass is 460 g/mol. The molecule has 1 aliphatic heterocycles. The summed E-state index contributed by atoms with van der Waals surface area (Å²) in [5.74, 6) is 1.93. The number of nitrogens with zero attached hydrogens (tertiary/aromatic N) is 4. The average Bonchev–Trinajstić information content (AvgIpc) is 3.59. The maximum Gasteiger partial charge on any atom is 0.233 e. The molecule has 1 aromatic heterocycles. The van der Waals surface area contributed by atoms with Crippen LogP contribution in [0.1, 0.15) is 49.8 Å². The molecule has 1 unspecified atom stereocenters.